The van der Waals surface area contributed by atoms with Crippen molar-refractivity contribution in [3.8, 4) is 0 Å². The van der Waals surface area contributed by atoms with Crippen molar-refractivity contribution in [3.63, 3.8) is 0 Å². The lowest BCUT2D eigenvalue weighted by Gasteiger charge is -2.28. The number of hydrogen-bond donors (Lipinski definition) is 2. The molecule has 2 aromatic carbocycles. The van der Waals surface area contributed by atoms with E-state index in [0.29, 0.717) is 35.9 Å². The van der Waals surface area contributed by atoms with Crippen LogP contribution in [0.5, 0.6) is 0 Å². The maximum absolute atomic E-state index is 12.1. The number of carbonyl (C=O) groups is 1. The van der Waals surface area contributed by atoms with Gasteiger partial charge in [0, 0.05) is 23.8 Å². The zero-order valence-electron chi connectivity index (χ0n) is 14.1. The number of amides is 2. The first kappa shape index (κ1) is 18.5. The van der Waals surface area contributed by atoms with Crippen LogP contribution in [0, 0.1) is 0 Å². The summed E-state index contributed by atoms with van der Waals surface area (Å²) < 4.78 is 25.7. The van der Waals surface area contributed by atoms with Gasteiger partial charge in [0.05, 0.1) is 11.4 Å². The maximum atomic E-state index is 12.1. The molecule has 6 nitrogen and oxygen atoms in total. The Morgan fingerprint density at radius 3 is 2.58 bits per heavy atom. The first-order valence-corrected chi connectivity index (χ1v) is 10.3. The smallest absolute Gasteiger partial charge is 0.319 e. The van der Waals surface area contributed by atoms with Crippen LogP contribution in [-0.4, -0.2) is 26.7 Å². The summed E-state index contributed by atoms with van der Waals surface area (Å²) in [5, 5.41) is 6.10. The van der Waals surface area contributed by atoms with Crippen LogP contribution in [-0.2, 0) is 16.6 Å². The van der Waals surface area contributed by atoms with Gasteiger partial charge in [0.1, 0.15) is 0 Å². The van der Waals surface area contributed by atoms with Crippen molar-refractivity contribution in [1.82, 2.24) is 5.32 Å². The van der Waals surface area contributed by atoms with E-state index in [0.717, 1.165) is 12.0 Å². The highest BCUT2D eigenvalue weighted by atomic mass is 35.5. The van der Waals surface area contributed by atoms with Gasteiger partial charge in [0.15, 0.2) is 0 Å². The number of nitrogens with one attached hydrogen (secondary N) is 2. The van der Waals surface area contributed by atoms with Crippen molar-refractivity contribution >= 4 is 39.0 Å². The van der Waals surface area contributed by atoms with Crippen molar-refractivity contribution in [2.24, 2.45) is 0 Å². The number of carbonyl (C=O) groups excluding carboxylic acids is 1. The van der Waals surface area contributed by atoms with Crippen LogP contribution < -0.4 is 14.9 Å². The standard InChI is InChI=1S/C18H20ClN3O3S/c19-15-5-3-4-14(12-15)13-20-18(23)21-16-6-8-17(9-7-16)22-10-1-2-11-26(22,24)25/h3-9,12H,1-2,10-11,13H2,(H2,20,21,23). The second-order valence-electron chi connectivity index (χ2n) is 6.08. The Bertz CT molecular complexity index is 885. The fourth-order valence-electron chi connectivity index (χ4n) is 2.79. The van der Waals surface area contributed by atoms with Gasteiger partial charge in [0.2, 0.25) is 10.0 Å². The predicted octanol–water partition coefficient (Wildman–Crippen LogP) is 3.59. The largest absolute Gasteiger partial charge is 0.334 e. The van der Waals surface area contributed by atoms with Gasteiger partial charge in [-0.1, -0.05) is 23.7 Å². The first-order valence-electron chi connectivity index (χ1n) is 8.34. The van der Waals surface area contributed by atoms with Crippen LogP contribution in [0.25, 0.3) is 0 Å². The average molecular weight is 394 g/mol. The molecule has 2 amide bonds. The summed E-state index contributed by atoms with van der Waals surface area (Å²) in [4.78, 5) is 12.0. The lowest BCUT2D eigenvalue weighted by Crippen LogP contribution is -2.37. The van der Waals surface area contributed by atoms with E-state index in [1.807, 2.05) is 12.1 Å². The molecule has 3 rings (SSSR count). The second-order valence-corrected chi connectivity index (χ2v) is 8.53. The van der Waals surface area contributed by atoms with Crippen molar-refractivity contribution in [3.05, 3.63) is 59.1 Å². The van der Waals surface area contributed by atoms with Crippen molar-refractivity contribution in [2.45, 2.75) is 19.4 Å². The summed E-state index contributed by atoms with van der Waals surface area (Å²) >= 11 is 5.91. The van der Waals surface area contributed by atoms with Gasteiger partial charge in [-0.15, -0.1) is 0 Å². The molecule has 1 aliphatic rings. The van der Waals surface area contributed by atoms with Crippen molar-refractivity contribution in [1.29, 1.82) is 0 Å². The van der Waals surface area contributed by atoms with E-state index in [9.17, 15) is 13.2 Å². The van der Waals surface area contributed by atoms with Gasteiger partial charge < -0.3 is 10.6 Å². The first-order chi connectivity index (χ1) is 12.4. The van der Waals surface area contributed by atoms with Crippen LogP contribution >= 0.6 is 11.6 Å². The summed E-state index contributed by atoms with van der Waals surface area (Å²) in [6.45, 7) is 0.853. The third-order valence-electron chi connectivity index (χ3n) is 4.10. The van der Waals surface area contributed by atoms with Crippen molar-refractivity contribution < 1.29 is 13.2 Å². The average Bonchev–Trinajstić information content (AvgIpc) is 2.61. The van der Waals surface area contributed by atoms with Gasteiger partial charge in [0.25, 0.3) is 0 Å². The molecule has 8 heteroatoms. The van der Waals surface area contributed by atoms with E-state index in [1.165, 1.54) is 4.31 Å². The molecule has 0 spiro atoms. The third-order valence-corrected chi connectivity index (χ3v) is 6.21. The minimum absolute atomic E-state index is 0.179. The zero-order chi connectivity index (χ0) is 18.6. The zero-order valence-corrected chi connectivity index (χ0v) is 15.7. The molecule has 0 saturated carbocycles. The molecule has 26 heavy (non-hydrogen) atoms. The molecule has 0 aromatic heterocycles. The van der Waals surface area contributed by atoms with Crippen LogP contribution in [0.15, 0.2) is 48.5 Å². The second kappa shape index (κ2) is 7.97. The highest BCUT2D eigenvalue weighted by Gasteiger charge is 2.25. The topological polar surface area (TPSA) is 78.5 Å². The summed E-state index contributed by atoms with van der Waals surface area (Å²) in [7, 11) is -3.23. The molecule has 1 fully saturated rings. The third kappa shape index (κ3) is 4.68. The molecular weight excluding hydrogens is 374 g/mol. The Morgan fingerprint density at radius 1 is 1.12 bits per heavy atom. The Balaban J connectivity index is 1.58. The summed E-state index contributed by atoms with van der Waals surface area (Å²) in [6, 6.07) is 13.7. The summed E-state index contributed by atoms with van der Waals surface area (Å²) in [6.07, 6.45) is 1.55. The van der Waals surface area contributed by atoms with E-state index >= 15 is 0 Å². The molecule has 0 radical (unpaired) electrons. The molecule has 0 aliphatic carbocycles. The van der Waals surface area contributed by atoms with Gasteiger partial charge in [-0.05, 0) is 54.8 Å². The van der Waals surface area contributed by atoms with E-state index in [2.05, 4.69) is 10.6 Å². The number of halogens is 1. The van der Waals surface area contributed by atoms with E-state index in [-0.39, 0.29) is 11.8 Å². The molecule has 138 valence electrons. The van der Waals surface area contributed by atoms with Crippen LogP contribution in [0.1, 0.15) is 18.4 Å². The molecular formula is C18H20ClN3O3S. The molecule has 1 aliphatic heterocycles. The Hall–Kier alpha value is -2.25. The van der Waals surface area contributed by atoms with Gasteiger partial charge in [-0.25, -0.2) is 13.2 Å². The van der Waals surface area contributed by atoms with Crippen molar-refractivity contribution in [2.75, 3.05) is 21.9 Å². The predicted molar refractivity (Wildman–Crippen MR) is 104 cm³/mol. The molecule has 2 N–H and O–H groups in total. The monoisotopic (exact) mass is 393 g/mol. The number of nitrogens with zero attached hydrogens (tertiary/aromatic N) is 1. The fourth-order valence-corrected chi connectivity index (χ4v) is 4.65. The fraction of sp³-hybridized carbons (Fsp3) is 0.278. The number of sulfonamides is 1. The Morgan fingerprint density at radius 2 is 1.88 bits per heavy atom. The van der Waals surface area contributed by atoms with Crippen LogP contribution in [0.4, 0.5) is 16.2 Å². The molecule has 1 heterocycles. The lowest BCUT2D eigenvalue weighted by molar-refractivity contribution is 0.251. The molecule has 0 unspecified atom stereocenters. The number of urea groups is 1. The Kier molecular flexibility index (Phi) is 5.68. The van der Waals surface area contributed by atoms with E-state index in [4.69, 9.17) is 11.6 Å². The Labute approximate surface area is 158 Å². The van der Waals surface area contributed by atoms with E-state index < -0.39 is 10.0 Å². The van der Waals surface area contributed by atoms with Gasteiger partial charge >= 0.3 is 6.03 Å². The SMILES string of the molecule is O=C(NCc1cccc(Cl)c1)Nc1ccc(N2CCCCS2(=O)=O)cc1. The minimum Gasteiger partial charge on any atom is -0.334 e. The highest BCUT2D eigenvalue weighted by Crippen LogP contribution is 2.24. The number of anilines is 2. The molecule has 1 saturated heterocycles. The molecule has 2 aromatic rings. The normalized spacial score (nSPS) is 16.1. The van der Waals surface area contributed by atoms with Crippen LogP contribution in [0.3, 0.4) is 0 Å². The summed E-state index contributed by atoms with van der Waals surface area (Å²) in [5.41, 5.74) is 2.11. The minimum atomic E-state index is -3.23. The highest BCUT2D eigenvalue weighted by molar-refractivity contribution is 7.92. The van der Waals surface area contributed by atoms with Crippen LogP contribution in [0.2, 0.25) is 5.02 Å². The quantitative estimate of drug-likeness (QED) is 0.833. The van der Waals surface area contributed by atoms with Gasteiger partial charge in [-0.2, -0.15) is 0 Å². The number of hydrogen-bond acceptors (Lipinski definition) is 3. The molecule has 0 atom stereocenters. The lowest BCUT2D eigenvalue weighted by atomic mass is 10.2. The van der Waals surface area contributed by atoms with E-state index in [1.54, 1.807) is 36.4 Å². The maximum Gasteiger partial charge on any atom is 0.319 e. The number of rotatable bonds is 4. The van der Waals surface area contributed by atoms with Gasteiger partial charge in [-0.3, -0.25) is 4.31 Å². The molecule has 0 bridgehead atoms. The summed E-state index contributed by atoms with van der Waals surface area (Å²) in [5.74, 6) is 0.179. The number of benzene rings is 2.